The molecule has 5 heteroatoms. The second kappa shape index (κ2) is 4.86. The highest BCUT2D eigenvalue weighted by Gasteiger charge is 2.38. The Labute approximate surface area is 106 Å². The molecule has 18 heavy (non-hydrogen) atoms. The summed E-state index contributed by atoms with van der Waals surface area (Å²) in [5, 5.41) is 9.52. The van der Waals surface area contributed by atoms with Crippen LogP contribution < -0.4 is 10.5 Å². The van der Waals surface area contributed by atoms with Gasteiger partial charge in [0.2, 0.25) is 5.91 Å². The Morgan fingerprint density at radius 3 is 2.61 bits per heavy atom. The van der Waals surface area contributed by atoms with E-state index < -0.39 is 5.60 Å². The van der Waals surface area contributed by atoms with E-state index in [0.717, 1.165) is 0 Å². The van der Waals surface area contributed by atoms with Gasteiger partial charge in [0.15, 0.2) is 0 Å². The van der Waals surface area contributed by atoms with E-state index in [-0.39, 0.29) is 5.91 Å². The average molecular weight is 250 g/mol. The van der Waals surface area contributed by atoms with Crippen LogP contribution >= 0.6 is 0 Å². The fourth-order valence-corrected chi connectivity index (χ4v) is 1.93. The fraction of sp³-hybridized carbons (Fsp3) is 0.462. The van der Waals surface area contributed by atoms with Crippen molar-refractivity contribution in [3.05, 3.63) is 24.3 Å². The van der Waals surface area contributed by atoms with Crippen molar-refractivity contribution in [2.75, 3.05) is 25.4 Å². The molecule has 2 rings (SSSR count). The van der Waals surface area contributed by atoms with Crippen LogP contribution in [0.4, 0.5) is 5.69 Å². The van der Waals surface area contributed by atoms with Crippen molar-refractivity contribution >= 4 is 11.6 Å². The smallest absolute Gasteiger partial charge is 0.226 e. The largest absolute Gasteiger partial charge is 0.493 e. The van der Waals surface area contributed by atoms with Crippen LogP contribution in [0.25, 0.3) is 0 Å². The summed E-state index contributed by atoms with van der Waals surface area (Å²) in [6.07, 6.45) is 0.320. The molecular weight excluding hydrogens is 232 g/mol. The third-order valence-corrected chi connectivity index (χ3v) is 2.88. The van der Waals surface area contributed by atoms with Gasteiger partial charge in [-0.25, -0.2) is 0 Å². The van der Waals surface area contributed by atoms with E-state index >= 15 is 0 Å². The lowest BCUT2D eigenvalue weighted by atomic mass is 9.97. The van der Waals surface area contributed by atoms with Gasteiger partial charge in [-0.1, -0.05) is 0 Å². The molecule has 0 atom stereocenters. The van der Waals surface area contributed by atoms with Gasteiger partial charge in [-0.15, -0.1) is 0 Å². The van der Waals surface area contributed by atoms with Gasteiger partial charge in [0, 0.05) is 5.69 Å². The number of benzene rings is 1. The van der Waals surface area contributed by atoms with Gasteiger partial charge in [-0.05, 0) is 31.2 Å². The van der Waals surface area contributed by atoms with Gasteiger partial charge >= 0.3 is 0 Å². The molecule has 0 aromatic heterocycles. The van der Waals surface area contributed by atoms with Crippen molar-refractivity contribution in [3.63, 3.8) is 0 Å². The number of rotatable bonds is 4. The third kappa shape index (κ3) is 3.13. The minimum absolute atomic E-state index is 0.0111. The van der Waals surface area contributed by atoms with Crippen LogP contribution in [0.2, 0.25) is 0 Å². The minimum atomic E-state index is -0.715. The zero-order valence-corrected chi connectivity index (χ0v) is 10.4. The van der Waals surface area contributed by atoms with Crippen LogP contribution in [0.3, 0.4) is 0 Å². The van der Waals surface area contributed by atoms with Crippen LogP contribution in [0, 0.1) is 0 Å². The molecule has 1 aliphatic heterocycles. The normalized spacial score (nSPS) is 17.1. The molecular formula is C13H18N2O3. The monoisotopic (exact) mass is 250 g/mol. The Kier molecular flexibility index (Phi) is 3.43. The van der Waals surface area contributed by atoms with E-state index in [4.69, 9.17) is 10.5 Å². The molecule has 1 aliphatic rings. The molecule has 1 aromatic carbocycles. The SMILES string of the molecule is CC1(O)CN(C(=O)CCOc2ccc(N)cc2)C1. The maximum atomic E-state index is 11.7. The van der Waals surface area contributed by atoms with Crippen molar-refractivity contribution in [2.24, 2.45) is 0 Å². The molecule has 1 heterocycles. The second-order valence-electron chi connectivity index (χ2n) is 4.91. The van der Waals surface area contributed by atoms with Crippen molar-refractivity contribution in [2.45, 2.75) is 18.9 Å². The van der Waals surface area contributed by atoms with E-state index in [1.807, 2.05) is 0 Å². The summed E-state index contributed by atoms with van der Waals surface area (Å²) in [5.41, 5.74) is 5.52. The van der Waals surface area contributed by atoms with Crippen LogP contribution in [-0.4, -0.2) is 41.2 Å². The number of nitrogens with two attached hydrogens (primary N) is 1. The summed E-state index contributed by atoms with van der Waals surface area (Å²) < 4.78 is 5.44. The maximum absolute atomic E-state index is 11.7. The van der Waals surface area contributed by atoms with E-state index in [0.29, 0.717) is 37.6 Å². The predicted octanol–water partition coefficient (Wildman–Crippen LogP) is 0.631. The quantitative estimate of drug-likeness (QED) is 0.769. The summed E-state index contributed by atoms with van der Waals surface area (Å²) in [7, 11) is 0. The highest BCUT2D eigenvalue weighted by atomic mass is 16.5. The number of β-amino-alcohol motifs (C(OH)–C–C–N with tert-alkyl or cyclic N) is 1. The molecule has 1 amide bonds. The van der Waals surface area contributed by atoms with Gasteiger partial charge in [-0.2, -0.15) is 0 Å². The Morgan fingerprint density at radius 2 is 2.06 bits per heavy atom. The lowest BCUT2D eigenvalue weighted by molar-refractivity contribution is -0.152. The number of hydrogen-bond donors (Lipinski definition) is 2. The molecule has 5 nitrogen and oxygen atoms in total. The van der Waals surface area contributed by atoms with Crippen molar-refractivity contribution in [1.29, 1.82) is 0 Å². The van der Waals surface area contributed by atoms with Crippen molar-refractivity contribution < 1.29 is 14.6 Å². The standard InChI is InChI=1S/C13H18N2O3/c1-13(17)8-15(9-13)12(16)6-7-18-11-4-2-10(14)3-5-11/h2-5,17H,6-9,14H2,1H3. The van der Waals surface area contributed by atoms with Crippen LogP contribution in [0.5, 0.6) is 5.75 Å². The molecule has 0 unspecified atom stereocenters. The van der Waals surface area contributed by atoms with Crippen LogP contribution in [0.15, 0.2) is 24.3 Å². The molecule has 0 aliphatic carbocycles. The topological polar surface area (TPSA) is 75.8 Å². The number of anilines is 1. The number of nitrogens with zero attached hydrogens (tertiary/aromatic N) is 1. The number of ether oxygens (including phenoxy) is 1. The number of nitrogen functional groups attached to an aromatic ring is 1. The van der Waals surface area contributed by atoms with E-state index in [1.165, 1.54) is 0 Å². The molecule has 0 bridgehead atoms. The van der Waals surface area contributed by atoms with Crippen LogP contribution in [0.1, 0.15) is 13.3 Å². The number of carbonyl (C=O) groups excluding carboxylic acids is 1. The summed E-state index contributed by atoms with van der Waals surface area (Å²) in [6, 6.07) is 7.05. The van der Waals surface area contributed by atoms with E-state index in [1.54, 1.807) is 36.1 Å². The predicted molar refractivity (Wildman–Crippen MR) is 68.2 cm³/mol. The average Bonchev–Trinajstić information content (AvgIpc) is 2.28. The molecule has 3 N–H and O–H groups in total. The van der Waals surface area contributed by atoms with Gasteiger partial charge in [0.05, 0.1) is 31.7 Å². The fourth-order valence-electron chi connectivity index (χ4n) is 1.93. The van der Waals surface area contributed by atoms with Crippen molar-refractivity contribution in [1.82, 2.24) is 4.90 Å². The van der Waals surface area contributed by atoms with Gasteiger partial charge in [-0.3, -0.25) is 4.79 Å². The molecule has 0 radical (unpaired) electrons. The second-order valence-corrected chi connectivity index (χ2v) is 4.91. The zero-order chi connectivity index (χ0) is 13.2. The number of likely N-dealkylation sites (tertiary alicyclic amines) is 1. The summed E-state index contributed by atoms with van der Waals surface area (Å²) in [5.74, 6) is 0.713. The van der Waals surface area contributed by atoms with E-state index in [2.05, 4.69) is 0 Å². The third-order valence-electron chi connectivity index (χ3n) is 2.88. The Morgan fingerprint density at radius 1 is 1.44 bits per heavy atom. The first kappa shape index (κ1) is 12.7. The first-order chi connectivity index (χ1) is 8.46. The lowest BCUT2D eigenvalue weighted by Crippen LogP contribution is -2.61. The number of amides is 1. The highest BCUT2D eigenvalue weighted by Crippen LogP contribution is 2.20. The summed E-state index contributed by atoms with van der Waals surface area (Å²) in [4.78, 5) is 13.3. The maximum Gasteiger partial charge on any atom is 0.226 e. The van der Waals surface area contributed by atoms with Crippen molar-refractivity contribution in [3.8, 4) is 5.75 Å². The molecule has 98 valence electrons. The summed E-state index contributed by atoms with van der Waals surface area (Å²) in [6.45, 7) is 2.88. The Hall–Kier alpha value is -1.75. The number of aliphatic hydroxyl groups is 1. The first-order valence-corrected chi connectivity index (χ1v) is 5.95. The minimum Gasteiger partial charge on any atom is -0.493 e. The van der Waals surface area contributed by atoms with Crippen LogP contribution in [-0.2, 0) is 4.79 Å². The molecule has 0 spiro atoms. The molecule has 1 saturated heterocycles. The molecule has 1 aromatic rings. The van der Waals surface area contributed by atoms with Gasteiger partial charge in [0.1, 0.15) is 5.75 Å². The lowest BCUT2D eigenvalue weighted by Gasteiger charge is -2.44. The first-order valence-electron chi connectivity index (χ1n) is 5.95. The molecule has 0 saturated carbocycles. The Bertz CT molecular complexity index is 420. The zero-order valence-electron chi connectivity index (χ0n) is 10.4. The summed E-state index contributed by atoms with van der Waals surface area (Å²) >= 11 is 0. The Balaban J connectivity index is 1.69. The molecule has 1 fully saturated rings. The highest BCUT2D eigenvalue weighted by molar-refractivity contribution is 5.77. The van der Waals surface area contributed by atoms with Gasteiger partial charge in [0.25, 0.3) is 0 Å². The van der Waals surface area contributed by atoms with E-state index in [9.17, 15) is 9.90 Å². The van der Waals surface area contributed by atoms with Gasteiger partial charge < -0.3 is 20.5 Å². The number of carbonyl (C=O) groups is 1. The number of hydrogen-bond acceptors (Lipinski definition) is 4.